The third-order valence-corrected chi connectivity index (χ3v) is 5.83. The highest BCUT2D eigenvalue weighted by molar-refractivity contribution is 6.30. The van der Waals surface area contributed by atoms with Gasteiger partial charge in [0.05, 0.1) is 5.69 Å². The van der Waals surface area contributed by atoms with E-state index in [0.29, 0.717) is 10.6 Å². The minimum atomic E-state index is -0.0383. The Morgan fingerprint density at radius 1 is 1.23 bits per heavy atom. The normalized spacial score (nSPS) is 21.7. The van der Waals surface area contributed by atoms with Crippen molar-refractivity contribution < 1.29 is 4.79 Å². The molecule has 0 saturated carbocycles. The number of anilines is 1. The molecule has 0 radical (unpaired) electrons. The lowest BCUT2D eigenvalue weighted by molar-refractivity contribution is 0.0633. The van der Waals surface area contributed by atoms with Crippen LogP contribution in [0.2, 0.25) is 5.02 Å². The number of carbonyl (C=O) groups is 1. The summed E-state index contributed by atoms with van der Waals surface area (Å²) < 4.78 is 0. The molecule has 1 spiro atoms. The van der Waals surface area contributed by atoms with Gasteiger partial charge in [0, 0.05) is 49.4 Å². The van der Waals surface area contributed by atoms with Crippen molar-refractivity contribution in [2.45, 2.75) is 31.1 Å². The number of benzene rings is 1. The summed E-state index contributed by atoms with van der Waals surface area (Å²) >= 11 is 5.95. The van der Waals surface area contributed by atoms with E-state index in [1.54, 1.807) is 24.3 Å². The third-order valence-electron chi connectivity index (χ3n) is 5.58. The van der Waals surface area contributed by atoms with Crippen molar-refractivity contribution in [2.24, 2.45) is 0 Å². The number of hydrogen-bond acceptors (Lipinski definition) is 4. The average Bonchev–Trinajstić information content (AvgIpc) is 2.99. The maximum absolute atomic E-state index is 13.0. The van der Waals surface area contributed by atoms with Crippen LogP contribution in [-0.2, 0) is 11.8 Å². The molecule has 4 rings (SSSR count). The molecule has 2 heterocycles. The Bertz CT molecular complexity index is 832. The molecule has 1 aromatic carbocycles. The molecule has 1 atom stereocenters. The van der Waals surface area contributed by atoms with Crippen molar-refractivity contribution in [3.63, 3.8) is 0 Å². The van der Waals surface area contributed by atoms with E-state index < -0.39 is 0 Å². The van der Waals surface area contributed by atoms with Crippen LogP contribution in [0.25, 0.3) is 0 Å². The lowest BCUT2D eigenvalue weighted by atomic mass is 9.77. The van der Waals surface area contributed by atoms with Crippen LogP contribution in [0.15, 0.2) is 30.5 Å². The standard InChI is InChI=1S/C20H23ClN4O/c1-24(2)19-22-12-15-8-10-20(17(15)23-19)9-3-11-25(13-20)18(26)14-4-6-16(21)7-5-14/h4-7,12H,3,8-11,13H2,1-2H3. The first kappa shape index (κ1) is 17.3. The predicted octanol–water partition coefficient (Wildman–Crippen LogP) is 3.32. The van der Waals surface area contributed by atoms with Gasteiger partial charge in [-0.2, -0.15) is 0 Å². The smallest absolute Gasteiger partial charge is 0.253 e. The SMILES string of the molecule is CN(C)c1ncc2c(n1)C1(CCCN(C(=O)c3ccc(Cl)cc3)C1)CC2. The Labute approximate surface area is 159 Å². The number of rotatable bonds is 2. The van der Waals surface area contributed by atoms with E-state index in [9.17, 15) is 4.79 Å². The fourth-order valence-electron chi connectivity index (χ4n) is 4.22. The van der Waals surface area contributed by atoms with E-state index in [2.05, 4.69) is 4.98 Å². The molecule has 136 valence electrons. The Morgan fingerprint density at radius 3 is 2.73 bits per heavy atom. The molecule has 2 aromatic rings. The molecule has 6 heteroatoms. The highest BCUT2D eigenvalue weighted by Gasteiger charge is 2.44. The second-order valence-electron chi connectivity index (χ2n) is 7.56. The average molecular weight is 371 g/mol. The molecule has 0 N–H and O–H groups in total. The molecule has 26 heavy (non-hydrogen) atoms. The number of aromatic nitrogens is 2. The topological polar surface area (TPSA) is 49.3 Å². The summed E-state index contributed by atoms with van der Waals surface area (Å²) in [6.07, 6.45) is 6.07. The van der Waals surface area contributed by atoms with Crippen molar-refractivity contribution in [3.8, 4) is 0 Å². The largest absolute Gasteiger partial charge is 0.347 e. The van der Waals surface area contributed by atoms with Gasteiger partial charge in [0.15, 0.2) is 0 Å². The van der Waals surface area contributed by atoms with Crippen LogP contribution >= 0.6 is 11.6 Å². The van der Waals surface area contributed by atoms with Crippen molar-refractivity contribution in [1.29, 1.82) is 0 Å². The second kappa shape index (κ2) is 6.54. The number of amides is 1. The van der Waals surface area contributed by atoms with Gasteiger partial charge in [-0.05, 0) is 55.5 Å². The van der Waals surface area contributed by atoms with Crippen molar-refractivity contribution in [3.05, 3.63) is 52.3 Å². The highest BCUT2D eigenvalue weighted by Crippen LogP contribution is 2.44. The van der Waals surface area contributed by atoms with Gasteiger partial charge in [0.1, 0.15) is 0 Å². The maximum atomic E-state index is 13.0. The van der Waals surface area contributed by atoms with Gasteiger partial charge in [-0.1, -0.05) is 11.6 Å². The maximum Gasteiger partial charge on any atom is 0.253 e. The monoisotopic (exact) mass is 370 g/mol. The Morgan fingerprint density at radius 2 is 2.00 bits per heavy atom. The molecular weight excluding hydrogens is 348 g/mol. The molecule has 1 aliphatic heterocycles. The number of aryl methyl sites for hydroxylation is 1. The van der Waals surface area contributed by atoms with Gasteiger partial charge < -0.3 is 9.80 Å². The Hall–Kier alpha value is -2.14. The van der Waals surface area contributed by atoms with Crippen LogP contribution in [0, 0.1) is 0 Å². The lowest BCUT2D eigenvalue weighted by Crippen LogP contribution is -2.48. The van der Waals surface area contributed by atoms with Crippen LogP contribution in [0.5, 0.6) is 0 Å². The molecule has 2 aliphatic rings. The summed E-state index contributed by atoms with van der Waals surface area (Å²) in [7, 11) is 3.92. The Kier molecular flexibility index (Phi) is 4.35. The first-order chi connectivity index (χ1) is 12.5. The van der Waals surface area contributed by atoms with Gasteiger partial charge >= 0.3 is 0 Å². The fraction of sp³-hybridized carbons (Fsp3) is 0.450. The Balaban J connectivity index is 1.63. The van der Waals surface area contributed by atoms with E-state index in [1.165, 1.54) is 5.56 Å². The first-order valence-corrected chi connectivity index (χ1v) is 9.45. The number of fused-ring (bicyclic) bond motifs is 2. The number of hydrogen-bond donors (Lipinski definition) is 0. The van der Waals surface area contributed by atoms with Gasteiger partial charge in [-0.15, -0.1) is 0 Å². The van der Waals surface area contributed by atoms with Crippen LogP contribution < -0.4 is 4.90 Å². The predicted molar refractivity (Wildman–Crippen MR) is 103 cm³/mol. The van der Waals surface area contributed by atoms with Crippen LogP contribution in [0.4, 0.5) is 5.95 Å². The first-order valence-electron chi connectivity index (χ1n) is 9.07. The summed E-state index contributed by atoms with van der Waals surface area (Å²) in [5, 5.41) is 0.647. The van der Waals surface area contributed by atoms with Gasteiger partial charge in [-0.3, -0.25) is 4.79 Å². The summed E-state index contributed by atoms with van der Waals surface area (Å²) in [6, 6.07) is 7.16. The van der Waals surface area contributed by atoms with E-state index in [4.69, 9.17) is 16.6 Å². The van der Waals surface area contributed by atoms with Crippen LogP contribution in [0.1, 0.15) is 40.9 Å². The van der Waals surface area contributed by atoms with E-state index in [0.717, 1.165) is 50.4 Å². The summed E-state index contributed by atoms with van der Waals surface area (Å²) in [6.45, 7) is 1.52. The minimum Gasteiger partial charge on any atom is -0.347 e. The zero-order chi connectivity index (χ0) is 18.3. The van der Waals surface area contributed by atoms with Crippen LogP contribution in [-0.4, -0.2) is 48.0 Å². The molecule has 1 saturated heterocycles. The zero-order valence-corrected chi connectivity index (χ0v) is 16.0. The number of nitrogens with zero attached hydrogens (tertiary/aromatic N) is 4. The zero-order valence-electron chi connectivity index (χ0n) is 15.2. The van der Waals surface area contributed by atoms with Crippen molar-refractivity contribution in [1.82, 2.24) is 14.9 Å². The van der Waals surface area contributed by atoms with Crippen molar-refractivity contribution >= 4 is 23.5 Å². The molecule has 0 bridgehead atoms. The summed E-state index contributed by atoms with van der Waals surface area (Å²) in [4.78, 5) is 26.2. The number of likely N-dealkylation sites (tertiary alicyclic amines) is 1. The van der Waals surface area contributed by atoms with Crippen molar-refractivity contribution in [2.75, 3.05) is 32.1 Å². The lowest BCUT2D eigenvalue weighted by Gasteiger charge is -2.40. The molecule has 5 nitrogen and oxygen atoms in total. The quantitative estimate of drug-likeness (QED) is 0.813. The molecular formula is C20H23ClN4O. The fourth-order valence-corrected chi connectivity index (χ4v) is 4.35. The number of carbonyl (C=O) groups excluding carboxylic acids is 1. The van der Waals surface area contributed by atoms with E-state index >= 15 is 0 Å². The summed E-state index contributed by atoms with van der Waals surface area (Å²) in [5.74, 6) is 0.822. The van der Waals surface area contributed by atoms with E-state index in [1.807, 2.05) is 30.1 Å². The molecule has 1 fully saturated rings. The third kappa shape index (κ3) is 2.94. The number of piperidine rings is 1. The molecule has 1 amide bonds. The van der Waals surface area contributed by atoms with Gasteiger partial charge in [0.2, 0.25) is 5.95 Å². The van der Waals surface area contributed by atoms with E-state index in [-0.39, 0.29) is 11.3 Å². The highest BCUT2D eigenvalue weighted by atomic mass is 35.5. The second-order valence-corrected chi connectivity index (χ2v) is 7.99. The molecule has 1 unspecified atom stereocenters. The number of halogens is 1. The molecule has 1 aromatic heterocycles. The van der Waals surface area contributed by atoms with Gasteiger partial charge in [0.25, 0.3) is 5.91 Å². The molecule has 1 aliphatic carbocycles. The van der Waals surface area contributed by atoms with Gasteiger partial charge in [-0.25, -0.2) is 9.97 Å². The minimum absolute atomic E-state index is 0.0383. The summed E-state index contributed by atoms with van der Waals surface area (Å²) in [5.41, 5.74) is 3.03. The van der Waals surface area contributed by atoms with Crippen LogP contribution in [0.3, 0.4) is 0 Å².